The zero-order chi connectivity index (χ0) is 13.3. The highest BCUT2D eigenvalue weighted by atomic mass is 35.5. The van der Waals surface area contributed by atoms with Crippen molar-refractivity contribution in [3.63, 3.8) is 0 Å². The largest absolute Gasteiger partial charge is 0.417 e. The molecule has 1 aromatic heterocycles. The second-order valence-electron chi connectivity index (χ2n) is 3.85. The van der Waals surface area contributed by atoms with Crippen LogP contribution in [0.5, 0.6) is 0 Å². The fraction of sp³-hybridized carbons (Fsp3) is 0.250. The van der Waals surface area contributed by atoms with E-state index in [4.69, 9.17) is 5.73 Å². The Kier molecular flexibility index (Phi) is 6.97. The molecule has 0 fully saturated rings. The van der Waals surface area contributed by atoms with E-state index in [1.807, 2.05) is 0 Å². The van der Waals surface area contributed by atoms with E-state index in [0.717, 1.165) is 6.07 Å². The van der Waals surface area contributed by atoms with Gasteiger partial charge in [0.25, 0.3) is 0 Å². The molecule has 2 nitrogen and oxygen atoms in total. The Morgan fingerprint density at radius 3 is 2.35 bits per heavy atom. The van der Waals surface area contributed by atoms with Crippen LogP contribution in [0.4, 0.5) is 13.2 Å². The van der Waals surface area contributed by atoms with Gasteiger partial charge in [0.05, 0.1) is 21.6 Å². The summed E-state index contributed by atoms with van der Waals surface area (Å²) in [5.41, 5.74) is 7.51. The van der Waals surface area contributed by atoms with Gasteiger partial charge in [-0.2, -0.15) is 13.2 Å². The number of aromatic nitrogens is 1. The molecule has 8 heteroatoms. The van der Waals surface area contributed by atoms with Crippen LogP contribution in [-0.2, 0) is 12.7 Å². The molecule has 0 spiro atoms. The number of hydrogen-bond donors (Lipinski definition) is 1. The van der Waals surface area contributed by atoms with Crippen molar-refractivity contribution in [3.05, 3.63) is 40.5 Å². The summed E-state index contributed by atoms with van der Waals surface area (Å²) in [5.74, 6) is 0. The second kappa shape index (κ2) is 7.26. The minimum Gasteiger partial charge on any atom is -0.326 e. The summed E-state index contributed by atoms with van der Waals surface area (Å²) in [6.45, 7) is 1.79. The topological polar surface area (TPSA) is 38.9 Å². The first-order valence-electron chi connectivity index (χ1n) is 5.24. The van der Waals surface area contributed by atoms with Crippen LogP contribution in [0.2, 0.25) is 0 Å². The third-order valence-corrected chi connectivity index (χ3v) is 3.58. The van der Waals surface area contributed by atoms with E-state index in [1.54, 1.807) is 18.5 Å². The molecule has 0 bridgehead atoms. The van der Waals surface area contributed by atoms with Gasteiger partial charge in [-0.3, -0.25) is 0 Å². The third kappa shape index (κ3) is 3.85. The number of halogens is 5. The molecular weight excluding hydrogens is 332 g/mol. The van der Waals surface area contributed by atoms with Crippen LogP contribution in [-0.4, -0.2) is 4.98 Å². The lowest BCUT2D eigenvalue weighted by Gasteiger charge is -2.13. The maximum Gasteiger partial charge on any atom is 0.417 e. The van der Waals surface area contributed by atoms with E-state index in [2.05, 4.69) is 4.98 Å². The van der Waals surface area contributed by atoms with Gasteiger partial charge in [0.2, 0.25) is 0 Å². The predicted molar refractivity (Wildman–Crippen MR) is 79.7 cm³/mol. The van der Waals surface area contributed by atoms with E-state index in [0.29, 0.717) is 16.1 Å². The van der Waals surface area contributed by atoms with E-state index in [9.17, 15) is 13.2 Å². The Labute approximate surface area is 131 Å². The van der Waals surface area contributed by atoms with Crippen molar-refractivity contribution in [3.8, 4) is 10.4 Å². The zero-order valence-corrected chi connectivity index (χ0v) is 12.8. The molecule has 0 saturated carbocycles. The van der Waals surface area contributed by atoms with Crippen LogP contribution in [0.15, 0.2) is 23.7 Å². The van der Waals surface area contributed by atoms with Gasteiger partial charge < -0.3 is 5.73 Å². The molecule has 0 aliphatic heterocycles. The minimum absolute atomic E-state index is 0. The fourth-order valence-electron chi connectivity index (χ4n) is 1.71. The summed E-state index contributed by atoms with van der Waals surface area (Å²) in [6, 6.07) is 4.18. The molecule has 0 saturated heterocycles. The van der Waals surface area contributed by atoms with Crippen LogP contribution in [0.1, 0.15) is 16.8 Å². The number of nitrogens with zero attached hydrogens (tertiary/aromatic N) is 1. The molecule has 2 N–H and O–H groups in total. The van der Waals surface area contributed by atoms with Crippen LogP contribution in [0.25, 0.3) is 10.4 Å². The first kappa shape index (κ1) is 19.2. The number of aryl methyl sites for hydroxylation is 1. The molecule has 1 heterocycles. The normalized spacial score (nSPS) is 10.7. The monoisotopic (exact) mass is 344 g/mol. The molecule has 2 rings (SSSR count). The number of rotatable bonds is 2. The van der Waals surface area contributed by atoms with E-state index < -0.39 is 11.7 Å². The summed E-state index contributed by atoms with van der Waals surface area (Å²) >= 11 is 1.20. The lowest BCUT2D eigenvalue weighted by molar-refractivity contribution is -0.137. The standard InChI is InChI=1S/C12H11F3N2S.2ClH/c1-7-11(18-6-17-7)9-3-2-8(5-16)4-10(9)12(13,14)15;;/h2-4,6H,5,16H2,1H3;2*1H. The molecule has 112 valence electrons. The number of nitrogens with two attached hydrogens (primary N) is 1. The molecule has 1 aromatic carbocycles. The summed E-state index contributed by atoms with van der Waals surface area (Å²) in [5, 5.41) is 0. The van der Waals surface area contributed by atoms with Crippen molar-refractivity contribution in [2.45, 2.75) is 19.6 Å². The van der Waals surface area contributed by atoms with E-state index in [1.165, 1.54) is 17.4 Å². The van der Waals surface area contributed by atoms with Crippen LogP contribution in [0, 0.1) is 6.92 Å². The summed E-state index contributed by atoms with van der Waals surface area (Å²) in [4.78, 5) is 4.53. The highest BCUT2D eigenvalue weighted by molar-refractivity contribution is 7.13. The molecule has 0 aliphatic rings. The van der Waals surface area contributed by atoms with E-state index in [-0.39, 0.29) is 36.9 Å². The Balaban J connectivity index is 0.00000180. The van der Waals surface area contributed by atoms with Gasteiger partial charge in [-0.1, -0.05) is 12.1 Å². The van der Waals surface area contributed by atoms with E-state index >= 15 is 0 Å². The van der Waals surface area contributed by atoms with Crippen molar-refractivity contribution < 1.29 is 13.2 Å². The van der Waals surface area contributed by atoms with Gasteiger partial charge in [-0.15, -0.1) is 36.2 Å². The van der Waals surface area contributed by atoms with Crippen molar-refractivity contribution >= 4 is 36.2 Å². The van der Waals surface area contributed by atoms with Crippen molar-refractivity contribution in [2.24, 2.45) is 5.73 Å². The molecule has 0 amide bonds. The molecule has 20 heavy (non-hydrogen) atoms. The van der Waals surface area contributed by atoms with Crippen LogP contribution >= 0.6 is 36.2 Å². The Hall–Kier alpha value is -0.820. The smallest absolute Gasteiger partial charge is 0.326 e. The second-order valence-corrected chi connectivity index (χ2v) is 4.70. The molecule has 2 aromatic rings. The lowest BCUT2D eigenvalue weighted by Crippen LogP contribution is -2.09. The lowest BCUT2D eigenvalue weighted by atomic mass is 10.0. The molecular formula is C12H13Cl2F3N2S. The summed E-state index contributed by atoms with van der Waals surface area (Å²) < 4.78 is 39.1. The first-order chi connectivity index (χ1) is 8.43. The zero-order valence-electron chi connectivity index (χ0n) is 10.4. The Morgan fingerprint density at radius 1 is 1.25 bits per heavy atom. The maximum absolute atomic E-state index is 13.0. The third-order valence-electron chi connectivity index (χ3n) is 2.62. The van der Waals surface area contributed by atoms with Gasteiger partial charge in [-0.05, 0) is 18.6 Å². The average Bonchev–Trinajstić information content (AvgIpc) is 2.73. The number of thiazole rings is 1. The molecule has 0 radical (unpaired) electrons. The van der Waals surface area contributed by atoms with Crippen molar-refractivity contribution in [1.29, 1.82) is 0 Å². The maximum atomic E-state index is 13.0. The van der Waals surface area contributed by atoms with Crippen LogP contribution < -0.4 is 5.73 Å². The summed E-state index contributed by atoms with van der Waals surface area (Å²) in [6.07, 6.45) is -4.39. The number of benzene rings is 1. The quantitative estimate of drug-likeness (QED) is 0.874. The van der Waals surface area contributed by atoms with Crippen LogP contribution in [0.3, 0.4) is 0 Å². The first-order valence-corrected chi connectivity index (χ1v) is 6.12. The molecule has 0 unspecified atom stereocenters. The van der Waals surface area contributed by atoms with Gasteiger partial charge in [0, 0.05) is 12.1 Å². The van der Waals surface area contributed by atoms with Gasteiger partial charge in [0.1, 0.15) is 0 Å². The fourth-order valence-corrected chi connectivity index (χ4v) is 2.56. The predicted octanol–water partition coefficient (Wildman–Crippen LogP) is 4.44. The van der Waals surface area contributed by atoms with Gasteiger partial charge in [-0.25, -0.2) is 4.98 Å². The number of hydrogen-bond acceptors (Lipinski definition) is 3. The number of alkyl halides is 3. The van der Waals surface area contributed by atoms with Crippen molar-refractivity contribution in [2.75, 3.05) is 0 Å². The molecule has 0 aliphatic carbocycles. The average molecular weight is 345 g/mol. The minimum atomic E-state index is -4.39. The van der Waals surface area contributed by atoms with Gasteiger partial charge in [0.15, 0.2) is 0 Å². The highest BCUT2D eigenvalue weighted by Gasteiger charge is 2.34. The summed E-state index contributed by atoms with van der Waals surface area (Å²) in [7, 11) is 0. The highest BCUT2D eigenvalue weighted by Crippen LogP contribution is 2.39. The SMILES string of the molecule is Cc1ncsc1-c1ccc(CN)cc1C(F)(F)F.Cl.Cl. The van der Waals surface area contributed by atoms with Gasteiger partial charge >= 0.3 is 6.18 Å². The molecule has 0 atom stereocenters. The Morgan fingerprint density at radius 2 is 1.90 bits per heavy atom. The Bertz CT molecular complexity index is 570. The van der Waals surface area contributed by atoms with Crippen molar-refractivity contribution in [1.82, 2.24) is 4.98 Å².